The highest BCUT2D eigenvalue weighted by Crippen LogP contribution is 2.37. The van der Waals surface area contributed by atoms with Gasteiger partial charge in [0.1, 0.15) is 24.0 Å². The van der Waals surface area contributed by atoms with Crippen LogP contribution in [0, 0.1) is 0 Å². The molecule has 4 aromatic rings. The van der Waals surface area contributed by atoms with E-state index in [0.29, 0.717) is 36.6 Å². The smallest absolute Gasteiger partial charge is 0.283 e. The van der Waals surface area contributed by atoms with Crippen LogP contribution in [-0.4, -0.2) is 63.4 Å². The summed E-state index contributed by atoms with van der Waals surface area (Å²) in [5.41, 5.74) is 7.53. The molecule has 202 valence electrons. The number of nitrogens with two attached hydrogens (primary N) is 1. The molecule has 2 unspecified atom stereocenters. The fourth-order valence-electron chi connectivity index (χ4n) is 4.37. The topological polar surface area (TPSA) is 162 Å². The lowest BCUT2D eigenvalue weighted by molar-refractivity contribution is 0.0995. The maximum atomic E-state index is 12.8. The number of anilines is 2. The number of nitrogens with zero attached hydrogens (tertiary/aromatic N) is 5. The first-order valence-corrected chi connectivity index (χ1v) is 12.6. The number of methoxy groups -OCH3 is 1. The highest BCUT2D eigenvalue weighted by atomic mass is 16.5. The van der Waals surface area contributed by atoms with Crippen LogP contribution in [0.5, 0.6) is 11.5 Å². The predicted octanol–water partition coefficient (Wildman–Crippen LogP) is 1.67. The Balaban J connectivity index is 1.39. The van der Waals surface area contributed by atoms with E-state index >= 15 is 0 Å². The van der Waals surface area contributed by atoms with Crippen molar-refractivity contribution in [3.63, 3.8) is 0 Å². The highest BCUT2D eigenvalue weighted by molar-refractivity contribution is 5.96. The summed E-state index contributed by atoms with van der Waals surface area (Å²) in [6.45, 7) is 3.67. The first-order valence-electron chi connectivity index (χ1n) is 12.6. The molecule has 1 amide bonds. The van der Waals surface area contributed by atoms with E-state index in [9.17, 15) is 9.90 Å². The molecule has 2 aromatic carbocycles. The molecule has 0 saturated carbocycles. The van der Waals surface area contributed by atoms with Crippen molar-refractivity contribution in [1.29, 1.82) is 0 Å². The van der Waals surface area contributed by atoms with E-state index in [1.54, 1.807) is 6.07 Å². The summed E-state index contributed by atoms with van der Waals surface area (Å²) < 4.78 is 13.5. The van der Waals surface area contributed by atoms with Gasteiger partial charge in [-0.1, -0.05) is 30.3 Å². The van der Waals surface area contributed by atoms with Crippen LogP contribution in [0.2, 0.25) is 0 Å². The van der Waals surface area contributed by atoms with Crippen molar-refractivity contribution in [3.8, 4) is 11.5 Å². The zero-order valence-electron chi connectivity index (χ0n) is 21.7. The van der Waals surface area contributed by atoms with Crippen LogP contribution in [0.1, 0.15) is 28.9 Å². The zero-order valence-corrected chi connectivity index (χ0v) is 21.7. The Morgan fingerprint density at radius 3 is 2.74 bits per heavy atom. The molecule has 0 fully saturated rings. The van der Waals surface area contributed by atoms with Gasteiger partial charge in [-0.2, -0.15) is 4.99 Å². The molecule has 1 aliphatic heterocycles. The average molecular weight is 531 g/mol. The second-order valence-electron chi connectivity index (χ2n) is 9.08. The maximum Gasteiger partial charge on any atom is 0.283 e. The number of nitrogen functional groups attached to an aromatic ring is 1. The van der Waals surface area contributed by atoms with Gasteiger partial charge in [-0.3, -0.25) is 9.36 Å². The number of rotatable bonds is 9. The van der Waals surface area contributed by atoms with Crippen molar-refractivity contribution in [1.82, 2.24) is 24.8 Å². The number of amides is 1. The second kappa shape index (κ2) is 11.5. The number of hydrogen-bond donors (Lipinski definition) is 4. The van der Waals surface area contributed by atoms with Crippen LogP contribution in [0.3, 0.4) is 0 Å². The molecule has 3 heterocycles. The van der Waals surface area contributed by atoms with Gasteiger partial charge in [0.2, 0.25) is 11.6 Å². The Morgan fingerprint density at radius 1 is 1.23 bits per heavy atom. The van der Waals surface area contributed by atoms with Crippen molar-refractivity contribution < 1.29 is 19.4 Å². The standard InChI is InChI=1S/C27H30N8O4/c1-16(17-6-4-3-5-7-17)30-14-19(36)15-39-21-9-8-20-22(23(21)38-2)33-27(35-11-10-29-24(20)35)34-25(37)18-12-31-26(28)32-13-18/h3-9,12-13,16,19,29-30,36H,10-11,14-15H2,1-2H3,(H2,28,31,32). The van der Waals surface area contributed by atoms with E-state index in [2.05, 4.69) is 30.6 Å². The fourth-order valence-corrected chi connectivity index (χ4v) is 4.37. The Morgan fingerprint density at radius 2 is 2.00 bits per heavy atom. The Kier molecular flexibility index (Phi) is 7.66. The van der Waals surface area contributed by atoms with E-state index in [4.69, 9.17) is 15.2 Å². The normalized spacial score (nSPS) is 14.5. The van der Waals surface area contributed by atoms with Crippen molar-refractivity contribution in [2.75, 3.05) is 37.9 Å². The van der Waals surface area contributed by atoms with Gasteiger partial charge < -0.3 is 30.9 Å². The zero-order chi connectivity index (χ0) is 27.4. The number of aliphatic hydroxyl groups is 1. The number of nitrogens with one attached hydrogen (secondary N) is 2. The second-order valence-corrected chi connectivity index (χ2v) is 9.08. The van der Waals surface area contributed by atoms with Crippen molar-refractivity contribution in [3.05, 3.63) is 71.6 Å². The minimum absolute atomic E-state index is 0.0428. The van der Waals surface area contributed by atoms with Gasteiger partial charge >= 0.3 is 0 Å². The van der Waals surface area contributed by atoms with Gasteiger partial charge in [-0.05, 0) is 24.6 Å². The summed E-state index contributed by atoms with van der Waals surface area (Å²) in [7, 11) is 1.52. The van der Waals surface area contributed by atoms with Crippen LogP contribution in [-0.2, 0) is 6.54 Å². The molecule has 5 rings (SSSR count). The van der Waals surface area contributed by atoms with Crippen LogP contribution in [0.25, 0.3) is 10.9 Å². The molecule has 12 nitrogen and oxygen atoms in total. The Hall–Kier alpha value is -4.55. The molecule has 0 radical (unpaired) electrons. The molecule has 39 heavy (non-hydrogen) atoms. The van der Waals surface area contributed by atoms with E-state index in [1.165, 1.54) is 19.5 Å². The Bertz CT molecular complexity index is 1540. The van der Waals surface area contributed by atoms with Crippen molar-refractivity contribution in [2.24, 2.45) is 4.99 Å². The highest BCUT2D eigenvalue weighted by Gasteiger charge is 2.21. The molecule has 2 atom stereocenters. The number of hydrogen-bond acceptors (Lipinski definition) is 10. The number of benzene rings is 2. The molecule has 0 aliphatic carbocycles. The van der Waals surface area contributed by atoms with Crippen molar-refractivity contribution in [2.45, 2.75) is 25.6 Å². The van der Waals surface area contributed by atoms with Gasteiger partial charge in [-0.25, -0.2) is 15.0 Å². The lowest BCUT2D eigenvalue weighted by Crippen LogP contribution is -2.33. The summed E-state index contributed by atoms with van der Waals surface area (Å²) in [6.07, 6.45) is 1.89. The van der Waals surface area contributed by atoms with Gasteiger partial charge in [0.05, 0.1) is 12.7 Å². The summed E-state index contributed by atoms with van der Waals surface area (Å²) in [4.78, 5) is 29.4. The number of carbonyl (C=O) groups is 1. The third-order valence-corrected chi connectivity index (χ3v) is 6.42. The minimum atomic E-state index is -0.757. The quantitative estimate of drug-likeness (QED) is 0.250. The van der Waals surface area contributed by atoms with E-state index < -0.39 is 12.0 Å². The third-order valence-electron chi connectivity index (χ3n) is 6.42. The largest absolute Gasteiger partial charge is 0.491 e. The number of aromatic nitrogens is 4. The molecule has 2 aromatic heterocycles. The van der Waals surface area contributed by atoms with Crippen LogP contribution < -0.4 is 31.5 Å². The molecular formula is C27H30N8O4. The summed E-state index contributed by atoms with van der Waals surface area (Å²) in [6, 6.07) is 13.7. The molecule has 5 N–H and O–H groups in total. The lowest BCUT2D eigenvalue weighted by atomic mass is 10.1. The minimum Gasteiger partial charge on any atom is -0.491 e. The molecule has 0 saturated heterocycles. The third kappa shape index (κ3) is 5.66. The van der Waals surface area contributed by atoms with E-state index in [-0.39, 0.29) is 29.8 Å². The summed E-state index contributed by atoms with van der Waals surface area (Å²) >= 11 is 0. The number of ether oxygens (including phenoxy) is 2. The summed E-state index contributed by atoms with van der Waals surface area (Å²) in [5.74, 6) is 1.08. The monoisotopic (exact) mass is 530 g/mol. The Labute approximate surface area is 224 Å². The molecule has 0 bridgehead atoms. The van der Waals surface area contributed by atoms with E-state index in [0.717, 1.165) is 16.8 Å². The molecule has 12 heteroatoms. The lowest BCUT2D eigenvalue weighted by Gasteiger charge is -2.19. The summed E-state index contributed by atoms with van der Waals surface area (Å²) in [5, 5.41) is 18.0. The predicted molar refractivity (Wildman–Crippen MR) is 145 cm³/mol. The van der Waals surface area contributed by atoms with E-state index in [1.807, 2.05) is 47.9 Å². The van der Waals surface area contributed by atoms with Gasteiger partial charge in [0.25, 0.3) is 5.91 Å². The number of fused-ring (bicyclic) bond motifs is 3. The van der Waals surface area contributed by atoms with Crippen LogP contribution in [0.15, 0.2) is 59.9 Å². The van der Waals surface area contributed by atoms with Crippen molar-refractivity contribution >= 4 is 28.6 Å². The number of carbonyl (C=O) groups excluding carboxylic acids is 1. The van der Waals surface area contributed by atoms with Gasteiger partial charge in [0, 0.05) is 43.5 Å². The first-order chi connectivity index (χ1) is 18.9. The van der Waals surface area contributed by atoms with Gasteiger partial charge in [-0.15, -0.1) is 0 Å². The van der Waals surface area contributed by atoms with Crippen LogP contribution in [0.4, 0.5) is 11.8 Å². The average Bonchev–Trinajstić information content (AvgIpc) is 3.46. The van der Waals surface area contributed by atoms with Gasteiger partial charge in [0.15, 0.2) is 11.5 Å². The molecule has 0 spiro atoms. The molecule has 1 aliphatic rings. The van der Waals surface area contributed by atoms with Crippen LogP contribution >= 0.6 is 0 Å². The fraction of sp³-hybridized carbons (Fsp3) is 0.296. The first kappa shape index (κ1) is 26.1. The number of aliphatic hydroxyl groups excluding tert-OH is 1. The SMILES string of the molecule is COc1c(OCC(O)CNC(C)c2ccccc2)ccc2c3n(c(=NC(=O)c4cnc(N)nc4)nc12)CCN3. The molecular weight excluding hydrogens is 500 g/mol. The maximum absolute atomic E-state index is 12.8.